The van der Waals surface area contributed by atoms with Crippen molar-refractivity contribution in [2.24, 2.45) is 0 Å². The van der Waals surface area contributed by atoms with Crippen LogP contribution in [0.15, 0.2) is 22.7 Å². The summed E-state index contributed by atoms with van der Waals surface area (Å²) < 4.78 is 13.8. The van der Waals surface area contributed by atoms with Gasteiger partial charge in [0.25, 0.3) is 5.91 Å². The van der Waals surface area contributed by atoms with Gasteiger partial charge in [-0.3, -0.25) is 4.79 Å². The maximum Gasteiger partial charge on any atom is 0.252 e. The Bertz CT molecular complexity index is 428. The Kier molecular flexibility index (Phi) is 4.75. The molecular formula is C14H17BrFNO. The van der Waals surface area contributed by atoms with Crippen molar-refractivity contribution in [3.63, 3.8) is 0 Å². The minimum atomic E-state index is -0.385. The van der Waals surface area contributed by atoms with Crippen LogP contribution in [0.1, 0.15) is 48.9 Å². The van der Waals surface area contributed by atoms with Crippen LogP contribution in [0.3, 0.4) is 0 Å². The Labute approximate surface area is 115 Å². The molecule has 4 heteroatoms. The molecule has 0 spiro atoms. The normalized spacial score (nSPS) is 17.2. The van der Waals surface area contributed by atoms with Crippen molar-refractivity contribution >= 4 is 21.8 Å². The molecule has 0 saturated heterocycles. The third-order valence-electron chi connectivity index (χ3n) is 3.36. The molecule has 2 rings (SSSR count). The Balaban J connectivity index is 2.04. The van der Waals surface area contributed by atoms with Crippen molar-refractivity contribution in [2.45, 2.75) is 44.6 Å². The van der Waals surface area contributed by atoms with Crippen LogP contribution in [-0.2, 0) is 0 Å². The monoisotopic (exact) mass is 313 g/mol. The first kappa shape index (κ1) is 13.5. The lowest BCUT2D eigenvalue weighted by molar-refractivity contribution is 0.0932. The van der Waals surface area contributed by atoms with E-state index in [-0.39, 0.29) is 17.8 Å². The zero-order chi connectivity index (χ0) is 13.0. The second-order valence-electron chi connectivity index (χ2n) is 4.79. The summed E-state index contributed by atoms with van der Waals surface area (Å²) in [6.45, 7) is 0. The first-order chi connectivity index (χ1) is 8.66. The summed E-state index contributed by atoms with van der Waals surface area (Å²) >= 11 is 3.28. The van der Waals surface area contributed by atoms with Gasteiger partial charge in [-0.15, -0.1) is 0 Å². The van der Waals surface area contributed by atoms with Gasteiger partial charge in [-0.25, -0.2) is 4.39 Å². The molecule has 1 amide bonds. The first-order valence-electron chi connectivity index (χ1n) is 6.43. The molecule has 1 saturated carbocycles. The number of benzene rings is 1. The zero-order valence-corrected chi connectivity index (χ0v) is 11.8. The van der Waals surface area contributed by atoms with E-state index in [1.807, 2.05) is 0 Å². The third-order valence-corrected chi connectivity index (χ3v) is 4.05. The van der Waals surface area contributed by atoms with Gasteiger partial charge in [0.15, 0.2) is 0 Å². The molecule has 0 aliphatic heterocycles. The molecule has 1 aromatic rings. The van der Waals surface area contributed by atoms with Gasteiger partial charge in [-0.2, -0.15) is 0 Å². The molecule has 0 aromatic heterocycles. The van der Waals surface area contributed by atoms with Gasteiger partial charge in [0.05, 0.1) is 5.56 Å². The molecule has 1 aromatic carbocycles. The van der Waals surface area contributed by atoms with Crippen LogP contribution in [-0.4, -0.2) is 11.9 Å². The summed E-state index contributed by atoms with van der Waals surface area (Å²) in [5.74, 6) is -0.572. The Hall–Kier alpha value is -0.900. The van der Waals surface area contributed by atoms with Crippen LogP contribution in [0.25, 0.3) is 0 Å². The number of amides is 1. The molecule has 0 unspecified atom stereocenters. The first-order valence-corrected chi connectivity index (χ1v) is 7.22. The number of carbonyl (C=O) groups excluding carboxylic acids is 1. The largest absolute Gasteiger partial charge is 0.349 e. The summed E-state index contributed by atoms with van der Waals surface area (Å²) in [5.41, 5.74) is 0.374. The molecule has 0 atom stereocenters. The number of nitrogens with one attached hydrogen (secondary N) is 1. The third kappa shape index (κ3) is 3.55. The van der Waals surface area contributed by atoms with E-state index < -0.39 is 0 Å². The molecule has 0 radical (unpaired) electrons. The van der Waals surface area contributed by atoms with E-state index in [0.717, 1.165) is 25.7 Å². The second-order valence-corrected chi connectivity index (χ2v) is 5.64. The molecule has 1 fully saturated rings. The van der Waals surface area contributed by atoms with Crippen molar-refractivity contribution in [2.75, 3.05) is 0 Å². The average Bonchev–Trinajstić information content (AvgIpc) is 2.61. The van der Waals surface area contributed by atoms with E-state index in [0.29, 0.717) is 10.0 Å². The predicted octanol–water partition coefficient (Wildman–Crippen LogP) is 4.04. The lowest BCUT2D eigenvalue weighted by Crippen LogP contribution is -2.34. The summed E-state index contributed by atoms with van der Waals surface area (Å²) in [6.07, 6.45) is 6.87. The van der Waals surface area contributed by atoms with Crippen molar-refractivity contribution in [3.8, 4) is 0 Å². The van der Waals surface area contributed by atoms with Crippen molar-refractivity contribution in [1.29, 1.82) is 0 Å². The second kappa shape index (κ2) is 6.32. The highest BCUT2D eigenvalue weighted by Crippen LogP contribution is 2.20. The van der Waals surface area contributed by atoms with Crippen LogP contribution >= 0.6 is 15.9 Å². The van der Waals surface area contributed by atoms with Gasteiger partial charge < -0.3 is 5.32 Å². The lowest BCUT2D eigenvalue weighted by atomic mass is 10.1. The average molecular weight is 314 g/mol. The smallest absolute Gasteiger partial charge is 0.252 e. The summed E-state index contributed by atoms with van der Waals surface area (Å²) in [7, 11) is 0. The van der Waals surface area contributed by atoms with Crippen LogP contribution in [0, 0.1) is 5.82 Å². The van der Waals surface area contributed by atoms with Crippen LogP contribution in [0.5, 0.6) is 0 Å². The predicted molar refractivity (Wildman–Crippen MR) is 73.1 cm³/mol. The fourth-order valence-corrected chi connectivity index (χ4v) is 2.79. The number of hydrogen-bond acceptors (Lipinski definition) is 1. The molecule has 2 nitrogen and oxygen atoms in total. The van der Waals surface area contributed by atoms with Gasteiger partial charge in [0.1, 0.15) is 5.82 Å². The quantitative estimate of drug-likeness (QED) is 0.820. The molecular weight excluding hydrogens is 297 g/mol. The van der Waals surface area contributed by atoms with Crippen LogP contribution < -0.4 is 5.32 Å². The number of rotatable bonds is 2. The van der Waals surface area contributed by atoms with E-state index in [4.69, 9.17) is 0 Å². The minimum absolute atomic E-state index is 0.187. The Morgan fingerprint density at radius 2 is 1.89 bits per heavy atom. The number of hydrogen-bond donors (Lipinski definition) is 1. The Morgan fingerprint density at radius 3 is 2.56 bits per heavy atom. The van der Waals surface area contributed by atoms with E-state index in [1.54, 1.807) is 6.07 Å². The highest BCUT2D eigenvalue weighted by Gasteiger charge is 2.17. The molecule has 1 N–H and O–H groups in total. The summed E-state index contributed by atoms with van der Waals surface area (Å²) in [4.78, 5) is 12.1. The maximum atomic E-state index is 13.2. The van der Waals surface area contributed by atoms with Crippen LogP contribution in [0.4, 0.5) is 4.39 Å². The van der Waals surface area contributed by atoms with Gasteiger partial charge in [-0.1, -0.05) is 25.7 Å². The lowest BCUT2D eigenvalue weighted by Gasteiger charge is -2.16. The summed E-state index contributed by atoms with van der Waals surface area (Å²) in [5, 5.41) is 3.01. The van der Waals surface area contributed by atoms with Crippen molar-refractivity contribution in [1.82, 2.24) is 5.32 Å². The fraction of sp³-hybridized carbons (Fsp3) is 0.500. The minimum Gasteiger partial charge on any atom is -0.349 e. The number of carbonyl (C=O) groups is 1. The van der Waals surface area contributed by atoms with Gasteiger partial charge in [0.2, 0.25) is 0 Å². The number of halogens is 2. The summed E-state index contributed by atoms with van der Waals surface area (Å²) in [6, 6.07) is 4.41. The molecule has 1 aliphatic carbocycles. The SMILES string of the molecule is O=C(NC1CCCCCC1)c1cc(F)ccc1Br. The van der Waals surface area contributed by atoms with Gasteiger partial charge in [0, 0.05) is 10.5 Å². The molecule has 0 bridgehead atoms. The van der Waals surface area contributed by atoms with E-state index >= 15 is 0 Å². The standard InChI is InChI=1S/C14H17BrFNO/c15-13-8-7-10(16)9-12(13)14(18)17-11-5-3-1-2-4-6-11/h7-9,11H,1-6H2,(H,17,18). The van der Waals surface area contributed by atoms with Crippen LogP contribution in [0.2, 0.25) is 0 Å². The van der Waals surface area contributed by atoms with Gasteiger partial charge >= 0.3 is 0 Å². The van der Waals surface area contributed by atoms with E-state index in [9.17, 15) is 9.18 Å². The maximum absolute atomic E-state index is 13.2. The molecule has 1 aliphatic rings. The van der Waals surface area contributed by atoms with Crippen molar-refractivity contribution < 1.29 is 9.18 Å². The Morgan fingerprint density at radius 1 is 1.22 bits per heavy atom. The molecule has 0 heterocycles. The zero-order valence-electron chi connectivity index (χ0n) is 10.2. The van der Waals surface area contributed by atoms with E-state index in [1.165, 1.54) is 25.0 Å². The molecule has 98 valence electrons. The fourth-order valence-electron chi connectivity index (χ4n) is 2.36. The highest BCUT2D eigenvalue weighted by molar-refractivity contribution is 9.10. The van der Waals surface area contributed by atoms with E-state index in [2.05, 4.69) is 21.2 Å². The highest BCUT2D eigenvalue weighted by atomic mass is 79.9. The van der Waals surface area contributed by atoms with Gasteiger partial charge in [-0.05, 0) is 47.0 Å². The topological polar surface area (TPSA) is 29.1 Å². The van der Waals surface area contributed by atoms with Crippen molar-refractivity contribution in [3.05, 3.63) is 34.1 Å². The molecule has 18 heavy (non-hydrogen) atoms.